The van der Waals surface area contributed by atoms with Crippen LogP contribution in [0.25, 0.3) is 0 Å². The summed E-state index contributed by atoms with van der Waals surface area (Å²) in [4.78, 5) is 0. The predicted octanol–water partition coefficient (Wildman–Crippen LogP) is 3.05. The van der Waals surface area contributed by atoms with Gasteiger partial charge in [-0.15, -0.1) is 12.3 Å². The summed E-state index contributed by atoms with van der Waals surface area (Å²) in [5.41, 5.74) is 1.33. The molecule has 1 N–H and O–H groups in total. The van der Waals surface area contributed by atoms with Gasteiger partial charge in [0.05, 0.1) is 6.26 Å². The van der Waals surface area contributed by atoms with E-state index < -0.39 is 0 Å². The normalized spacial score (nSPS) is 21.1. The quantitative estimate of drug-likeness (QED) is 0.784. The van der Waals surface area contributed by atoms with Crippen LogP contribution < -0.4 is 5.32 Å². The molecule has 2 heteroatoms. The highest BCUT2D eigenvalue weighted by atomic mass is 16.3. The molecule has 0 saturated heterocycles. The van der Waals surface area contributed by atoms with Crippen LogP contribution in [0.4, 0.5) is 0 Å². The number of furan rings is 1. The third-order valence-electron chi connectivity index (χ3n) is 3.35. The number of nitrogens with one attached hydrogen (secondary N) is 1. The van der Waals surface area contributed by atoms with E-state index in [2.05, 4.69) is 24.2 Å². The average molecular weight is 217 g/mol. The Labute approximate surface area is 97.4 Å². The van der Waals surface area contributed by atoms with E-state index in [-0.39, 0.29) is 0 Å². The third kappa shape index (κ3) is 2.31. The molecule has 1 heterocycles. The average Bonchev–Trinajstić information content (AvgIpc) is 2.77. The molecule has 1 aliphatic carbocycles. The van der Waals surface area contributed by atoms with Gasteiger partial charge in [0.15, 0.2) is 0 Å². The van der Waals surface area contributed by atoms with Gasteiger partial charge in [-0.25, -0.2) is 0 Å². The molecule has 1 aliphatic rings. The number of hydrogen-bond donors (Lipinski definition) is 1. The van der Waals surface area contributed by atoms with Gasteiger partial charge in [0.25, 0.3) is 0 Å². The van der Waals surface area contributed by atoms with Gasteiger partial charge in [-0.05, 0) is 25.3 Å². The second-order valence-electron chi connectivity index (χ2n) is 4.42. The highest BCUT2D eigenvalue weighted by molar-refractivity contribution is 5.24. The van der Waals surface area contributed by atoms with Crippen LogP contribution in [0.5, 0.6) is 0 Å². The number of terminal acetylenes is 1. The van der Waals surface area contributed by atoms with E-state index in [1.165, 1.54) is 18.4 Å². The van der Waals surface area contributed by atoms with Gasteiger partial charge in [-0.1, -0.05) is 6.92 Å². The maximum absolute atomic E-state index is 5.48. The summed E-state index contributed by atoms with van der Waals surface area (Å²) in [5, 5.41) is 3.65. The molecule has 0 bridgehead atoms. The summed E-state index contributed by atoms with van der Waals surface area (Å²) >= 11 is 0. The molecule has 0 radical (unpaired) electrons. The van der Waals surface area contributed by atoms with Crippen LogP contribution in [-0.4, -0.2) is 6.04 Å². The van der Waals surface area contributed by atoms with Gasteiger partial charge < -0.3 is 9.73 Å². The standard InChI is InChI=1S/C14H19NO/c1-3-6-11(4-2)15-13-7-5-8-14-12(13)9-10-16-14/h1,9-11,13,15H,4-8H2,2H3. The predicted molar refractivity (Wildman–Crippen MR) is 65.1 cm³/mol. The maximum Gasteiger partial charge on any atom is 0.108 e. The van der Waals surface area contributed by atoms with Crippen LogP contribution in [0.1, 0.15) is 50.0 Å². The fraction of sp³-hybridized carbons (Fsp3) is 0.571. The molecule has 2 rings (SSSR count). The molecule has 1 aromatic heterocycles. The number of hydrogen-bond acceptors (Lipinski definition) is 2. The van der Waals surface area contributed by atoms with E-state index in [1.54, 1.807) is 6.26 Å². The first kappa shape index (κ1) is 11.3. The van der Waals surface area contributed by atoms with Gasteiger partial charge in [-0.2, -0.15) is 0 Å². The minimum atomic E-state index is 0.427. The zero-order valence-electron chi connectivity index (χ0n) is 9.83. The summed E-state index contributed by atoms with van der Waals surface area (Å²) in [6, 6.07) is 2.95. The molecule has 1 aromatic rings. The summed E-state index contributed by atoms with van der Waals surface area (Å²) in [5.74, 6) is 3.89. The molecular weight excluding hydrogens is 198 g/mol. The van der Waals surface area contributed by atoms with Gasteiger partial charge in [-0.3, -0.25) is 0 Å². The Kier molecular flexibility index (Phi) is 3.69. The molecule has 0 aromatic carbocycles. The minimum Gasteiger partial charge on any atom is -0.469 e. The summed E-state index contributed by atoms with van der Waals surface area (Å²) < 4.78 is 5.48. The van der Waals surface area contributed by atoms with E-state index in [1.807, 2.05) is 0 Å². The number of aryl methyl sites for hydroxylation is 1. The summed E-state index contributed by atoms with van der Waals surface area (Å²) in [6.45, 7) is 2.17. The Hall–Kier alpha value is -1.20. The highest BCUT2D eigenvalue weighted by Crippen LogP contribution is 2.31. The molecule has 0 spiro atoms. The lowest BCUT2D eigenvalue weighted by Crippen LogP contribution is -2.33. The smallest absolute Gasteiger partial charge is 0.108 e. The molecule has 2 atom stereocenters. The van der Waals surface area contributed by atoms with Gasteiger partial charge in [0.1, 0.15) is 5.76 Å². The Morgan fingerprint density at radius 3 is 3.31 bits per heavy atom. The zero-order valence-corrected chi connectivity index (χ0v) is 9.83. The van der Waals surface area contributed by atoms with Crippen LogP contribution in [-0.2, 0) is 6.42 Å². The molecule has 0 fully saturated rings. The van der Waals surface area contributed by atoms with E-state index in [0.717, 1.165) is 25.0 Å². The van der Waals surface area contributed by atoms with Crippen molar-refractivity contribution in [2.75, 3.05) is 0 Å². The second-order valence-corrected chi connectivity index (χ2v) is 4.42. The summed E-state index contributed by atoms with van der Waals surface area (Å²) in [7, 11) is 0. The molecule has 2 nitrogen and oxygen atoms in total. The monoisotopic (exact) mass is 217 g/mol. The molecule has 0 amide bonds. The van der Waals surface area contributed by atoms with Crippen molar-refractivity contribution in [3.63, 3.8) is 0 Å². The van der Waals surface area contributed by atoms with Gasteiger partial charge >= 0.3 is 0 Å². The van der Waals surface area contributed by atoms with Gasteiger partial charge in [0, 0.05) is 30.5 Å². The fourth-order valence-corrected chi connectivity index (χ4v) is 2.41. The van der Waals surface area contributed by atoms with Crippen molar-refractivity contribution >= 4 is 0 Å². The van der Waals surface area contributed by atoms with E-state index in [4.69, 9.17) is 10.8 Å². The molecule has 16 heavy (non-hydrogen) atoms. The van der Waals surface area contributed by atoms with E-state index in [9.17, 15) is 0 Å². The minimum absolute atomic E-state index is 0.427. The van der Waals surface area contributed by atoms with Crippen molar-refractivity contribution in [3.8, 4) is 12.3 Å². The highest BCUT2D eigenvalue weighted by Gasteiger charge is 2.23. The van der Waals surface area contributed by atoms with Gasteiger partial charge in [0.2, 0.25) is 0 Å². The second kappa shape index (κ2) is 5.23. The van der Waals surface area contributed by atoms with E-state index >= 15 is 0 Å². The number of fused-ring (bicyclic) bond motifs is 1. The SMILES string of the molecule is C#CCC(CC)NC1CCCc2occc21. The Balaban J connectivity index is 2.04. The largest absolute Gasteiger partial charge is 0.469 e. The lowest BCUT2D eigenvalue weighted by atomic mass is 9.92. The molecule has 86 valence electrons. The van der Waals surface area contributed by atoms with Crippen LogP contribution in [0.15, 0.2) is 16.7 Å². The Bertz CT molecular complexity index is 374. The van der Waals surface area contributed by atoms with Crippen molar-refractivity contribution in [1.82, 2.24) is 5.32 Å². The third-order valence-corrected chi connectivity index (χ3v) is 3.35. The molecular formula is C14H19NO. The van der Waals surface area contributed by atoms with Crippen LogP contribution in [0.2, 0.25) is 0 Å². The first-order chi connectivity index (χ1) is 7.85. The van der Waals surface area contributed by atoms with Crippen LogP contribution in [0.3, 0.4) is 0 Å². The zero-order chi connectivity index (χ0) is 11.4. The topological polar surface area (TPSA) is 25.2 Å². The van der Waals surface area contributed by atoms with Crippen molar-refractivity contribution < 1.29 is 4.42 Å². The van der Waals surface area contributed by atoms with Crippen LogP contribution >= 0.6 is 0 Å². The molecule has 0 saturated carbocycles. The Morgan fingerprint density at radius 1 is 1.69 bits per heavy atom. The lowest BCUT2D eigenvalue weighted by molar-refractivity contribution is 0.369. The first-order valence-electron chi connectivity index (χ1n) is 6.11. The fourth-order valence-electron chi connectivity index (χ4n) is 2.41. The molecule has 0 aliphatic heterocycles. The van der Waals surface area contributed by atoms with Crippen molar-refractivity contribution in [3.05, 3.63) is 23.7 Å². The van der Waals surface area contributed by atoms with E-state index in [0.29, 0.717) is 12.1 Å². The first-order valence-corrected chi connectivity index (χ1v) is 6.11. The lowest BCUT2D eigenvalue weighted by Gasteiger charge is -2.27. The molecule has 2 unspecified atom stereocenters. The summed E-state index contributed by atoms with van der Waals surface area (Å²) in [6.07, 6.45) is 12.5. The maximum atomic E-state index is 5.48. The number of rotatable bonds is 4. The van der Waals surface area contributed by atoms with Crippen molar-refractivity contribution in [2.24, 2.45) is 0 Å². The Morgan fingerprint density at radius 2 is 2.56 bits per heavy atom. The van der Waals surface area contributed by atoms with Crippen LogP contribution in [0, 0.1) is 12.3 Å². The van der Waals surface area contributed by atoms with Crippen molar-refractivity contribution in [1.29, 1.82) is 0 Å². The van der Waals surface area contributed by atoms with Crippen molar-refractivity contribution in [2.45, 2.75) is 51.1 Å².